The standard InChI is InChI=1S/C15H17BrN2O2S/c1-10-3-6-13(16)9-15(10)18-11(2)12-4-7-14(8-5-12)21(17,19)20/h3-9,11,18H,1-2H3,(H2,17,19,20). The van der Waals surface area contributed by atoms with Gasteiger partial charge < -0.3 is 5.32 Å². The molecule has 0 heterocycles. The highest BCUT2D eigenvalue weighted by Gasteiger charge is 2.10. The van der Waals surface area contributed by atoms with Crippen molar-refractivity contribution in [3.8, 4) is 0 Å². The minimum Gasteiger partial charge on any atom is -0.378 e. The van der Waals surface area contributed by atoms with Gasteiger partial charge in [-0.3, -0.25) is 0 Å². The average Bonchev–Trinajstić information content (AvgIpc) is 2.42. The van der Waals surface area contributed by atoms with Crippen molar-refractivity contribution >= 4 is 31.6 Å². The van der Waals surface area contributed by atoms with Crippen molar-refractivity contribution in [2.24, 2.45) is 5.14 Å². The SMILES string of the molecule is Cc1ccc(Br)cc1NC(C)c1ccc(S(N)(=O)=O)cc1. The van der Waals surface area contributed by atoms with Crippen LogP contribution in [0.5, 0.6) is 0 Å². The topological polar surface area (TPSA) is 72.2 Å². The first-order valence-corrected chi connectivity index (χ1v) is 8.77. The number of nitrogens with two attached hydrogens (primary N) is 1. The van der Waals surface area contributed by atoms with Gasteiger partial charge in [-0.25, -0.2) is 13.6 Å². The van der Waals surface area contributed by atoms with E-state index in [1.54, 1.807) is 12.1 Å². The van der Waals surface area contributed by atoms with Gasteiger partial charge in [0.25, 0.3) is 0 Å². The predicted molar refractivity (Wildman–Crippen MR) is 88.7 cm³/mol. The summed E-state index contributed by atoms with van der Waals surface area (Å²) in [5.41, 5.74) is 3.17. The number of aryl methyl sites for hydroxylation is 1. The highest BCUT2D eigenvalue weighted by atomic mass is 79.9. The second-order valence-electron chi connectivity index (χ2n) is 4.94. The molecule has 0 aliphatic heterocycles. The molecule has 0 aliphatic carbocycles. The molecule has 0 saturated heterocycles. The summed E-state index contributed by atoms with van der Waals surface area (Å²) in [5.74, 6) is 0. The Morgan fingerprint density at radius 3 is 2.33 bits per heavy atom. The van der Waals surface area contributed by atoms with Crippen LogP contribution in [0.1, 0.15) is 24.1 Å². The molecule has 0 aliphatic rings. The molecule has 0 aromatic heterocycles. The molecule has 2 aromatic rings. The van der Waals surface area contributed by atoms with Crippen LogP contribution < -0.4 is 10.5 Å². The van der Waals surface area contributed by atoms with Crippen LogP contribution in [0.25, 0.3) is 0 Å². The zero-order chi connectivity index (χ0) is 15.6. The van der Waals surface area contributed by atoms with Crippen molar-refractivity contribution in [3.63, 3.8) is 0 Å². The smallest absolute Gasteiger partial charge is 0.238 e. The van der Waals surface area contributed by atoms with E-state index in [1.165, 1.54) is 12.1 Å². The third kappa shape index (κ3) is 4.06. The Morgan fingerprint density at radius 1 is 1.14 bits per heavy atom. The number of sulfonamides is 1. The van der Waals surface area contributed by atoms with Gasteiger partial charge in [0.1, 0.15) is 0 Å². The maximum absolute atomic E-state index is 11.2. The highest BCUT2D eigenvalue weighted by Crippen LogP contribution is 2.25. The monoisotopic (exact) mass is 368 g/mol. The molecule has 0 fully saturated rings. The number of hydrogen-bond donors (Lipinski definition) is 2. The Bertz CT molecular complexity index is 743. The van der Waals surface area contributed by atoms with Crippen molar-refractivity contribution in [1.29, 1.82) is 0 Å². The van der Waals surface area contributed by atoms with Crippen LogP contribution in [0, 0.1) is 6.92 Å². The van der Waals surface area contributed by atoms with Crippen molar-refractivity contribution in [3.05, 3.63) is 58.1 Å². The third-order valence-corrected chi connectivity index (χ3v) is 4.70. The van der Waals surface area contributed by atoms with E-state index in [0.29, 0.717) is 0 Å². The van der Waals surface area contributed by atoms with E-state index in [9.17, 15) is 8.42 Å². The lowest BCUT2D eigenvalue weighted by Gasteiger charge is -2.18. The molecule has 4 nitrogen and oxygen atoms in total. The van der Waals surface area contributed by atoms with E-state index in [2.05, 4.69) is 21.2 Å². The molecule has 1 unspecified atom stereocenters. The largest absolute Gasteiger partial charge is 0.378 e. The normalized spacial score (nSPS) is 13.0. The quantitative estimate of drug-likeness (QED) is 0.865. The Morgan fingerprint density at radius 2 is 1.76 bits per heavy atom. The number of primary sulfonamides is 1. The third-order valence-electron chi connectivity index (χ3n) is 3.28. The van der Waals surface area contributed by atoms with Gasteiger partial charge in [0.2, 0.25) is 10.0 Å². The van der Waals surface area contributed by atoms with Gasteiger partial charge in [-0.1, -0.05) is 34.1 Å². The summed E-state index contributed by atoms with van der Waals surface area (Å²) in [4.78, 5) is 0.122. The van der Waals surface area contributed by atoms with Gasteiger partial charge in [0.05, 0.1) is 4.90 Å². The van der Waals surface area contributed by atoms with Crippen molar-refractivity contribution in [2.45, 2.75) is 24.8 Å². The second-order valence-corrected chi connectivity index (χ2v) is 7.42. The summed E-state index contributed by atoms with van der Waals surface area (Å²) < 4.78 is 23.5. The number of nitrogens with one attached hydrogen (secondary N) is 1. The number of hydrogen-bond acceptors (Lipinski definition) is 3. The molecule has 2 aromatic carbocycles. The predicted octanol–water partition coefficient (Wildman–Crippen LogP) is 3.58. The van der Waals surface area contributed by atoms with Crippen molar-refractivity contribution < 1.29 is 8.42 Å². The van der Waals surface area contributed by atoms with E-state index in [0.717, 1.165) is 21.3 Å². The summed E-state index contributed by atoms with van der Waals surface area (Å²) in [6.45, 7) is 4.05. The second kappa shape index (κ2) is 6.17. The summed E-state index contributed by atoms with van der Waals surface area (Å²) in [6, 6.07) is 12.7. The molecule has 2 rings (SSSR count). The fourth-order valence-electron chi connectivity index (χ4n) is 2.01. The highest BCUT2D eigenvalue weighted by molar-refractivity contribution is 9.10. The summed E-state index contributed by atoms with van der Waals surface area (Å²) in [5, 5.41) is 8.51. The Labute approximate surface area is 133 Å². The van der Waals surface area contributed by atoms with Gasteiger partial charge >= 0.3 is 0 Å². The zero-order valence-electron chi connectivity index (χ0n) is 11.8. The number of benzene rings is 2. The van der Waals surface area contributed by atoms with Crippen LogP contribution >= 0.6 is 15.9 Å². The molecule has 0 spiro atoms. The fourth-order valence-corrected chi connectivity index (χ4v) is 2.89. The van der Waals surface area contributed by atoms with E-state index >= 15 is 0 Å². The van der Waals surface area contributed by atoms with Crippen LogP contribution in [-0.4, -0.2) is 8.42 Å². The van der Waals surface area contributed by atoms with E-state index in [4.69, 9.17) is 5.14 Å². The van der Waals surface area contributed by atoms with E-state index in [-0.39, 0.29) is 10.9 Å². The van der Waals surface area contributed by atoms with Gasteiger partial charge in [-0.15, -0.1) is 0 Å². The molecule has 1 atom stereocenters. The Hall–Kier alpha value is -1.37. The van der Waals surface area contributed by atoms with Crippen molar-refractivity contribution in [1.82, 2.24) is 0 Å². The van der Waals surface area contributed by atoms with Crippen LogP contribution in [0.4, 0.5) is 5.69 Å². The molecule has 0 bridgehead atoms. The van der Waals surface area contributed by atoms with Crippen molar-refractivity contribution in [2.75, 3.05) is 5.32 Å². The lowest BCUT2D eigenvalue weighted by atomic mass is 10.1. The number of halogens is 1. The molecule has 0 amide bonds. The van der Waals surface area contributed by atoms with E-state index < -0.39 is 10.0 Å². The van der Waals surface area contributed by atoms with Crippen LogP contribution in [0.15, 0.2) is 51.8 Å². The Kier molecular flexibility index (Phi) is 4.70. The molecule has 0 saturated carbocycles. The summed E-state index contributed by atoms with van der Waals surface area (Å²) in [6.07, 6.45) is 0. The average molecular weight is 369 g/mol. The van der Waals surface area contributed by atoms with Gasteiger partial charge in [-0.05, 0) is 49.2 Å². The van der Waals surface area contributed by atoms with Gasteiger partial charge in [0.15, 0.2) is 0 Å². The number of rotatable bonds is 4. The molecule has 21 heavy (non-hydrogen) atoms. The number of anilines is 1. The maximum Gasteiger partial charge on any atom is 0.238 e. The Balaban J connectivity index is 2.20. The molecular formula is C15H17BrN2O2S. The van der Waals surface area contributed by atoms with Gasteiger partial charge in [0, 0.05) is 16.2 Å². The first-order valence-electron chi connectivity index (χ1n) is 6.43. The van der Waals surface area contributed by atoms with Crippen LogP contribution in [0.3, 0.4) is 0 Å². The molecule has 112 valence electrons. The zero-order valence-corrected chi connectivity index (χ0v) is 14.2. The first kappa shape index (κ1) is 16.0. The maximum atomic E-state index is 11.2. The van der Waals surface area contributed by atoms with E-state index in [1.807, 2.05) is 32.0 Å². The molecule has 6 heteroatoms. The van der Waals surface area contributed by atoms with Crippen LogP contribution in [0.2, 0.25) is 0 Å². The fraction of sp³-hybridized carbons (Fsp3) is 0.200. The molecule has 0 radical (unpaired) electrons. The molecule has 3 N–H and O–H groups in total. The lowest BCUT2D eigenvalue weighted by molar-refractivity contribution is 0.597. The minimum atomic E-state index is -3.64. The lowest BCUT2D eigenvalue weighted by Crippen LogP contribution is -2.13. The first-order chi connectivity index (χ1) is 9.77. The van der Waals surface area contributed by atoms with Gasteiger partial charge in [-0.2, -0.15) is 0 Å². The molecular weight excluding hydrogens is 352 g/mol. The summed E-state index contributed by atoms with van der Waals surface area (Å²) in [7, 11) is -3.64. The van der Waals surface area contributed by atoms with Crippen LogP contribution in [-0.2, 0) is 10.0 Å². The summed E-state index contributed by atoms with van der Waals surface area (Å²) >= 11 is 3.45. The minimum absolute atomic E-state index is 0.0486.